The highest BCUT2D eigenvalue weighted by Crippen LogP contribution is 2.29. The maximum atomic E-state index is 6.04. The number of hydrogen-bond acceptors (Lipinski definition) is 2. The molecule has 0 aliphatic heterocycles. The standard InChI is InChI=1S/C14H21ClN2/c1-10(2)8-17(14-3-4-14)9-11-5-12(15)7-13(16)6-11/h5-7,10,14H,3-4,8-9,16H2,1-2H3. The van der Waals surface area contributed by atoms with Crippen molar-refractivity contribution >= 4 is 17.3 Å². The zero-order valence-corrected chi connectivity index (χ0v) is 11.4. The largest absolute Gasteiger partial charge is 0.399 e. The molecule has 94 valence electrons. The monoisotopic (exact) mass is 252 g/mol. The quantitative estimate of drug-likeness (QED) is 0.813. The first-order chi connectivity index (χ1) is 8.04. The summed E-state index contributed by atoms with van der Waals surface area (Å²) in [5.74, 6) is 0.701. The lowest BCUT2D eigenvalue weighted by Gasteiger charge is -2.24. The van der Waals surface area contributed by atoms with Gasteiger partial charge in [0.05, 0.1) is 0 Å². The third-order valence-electron chi connectivity index (χ3n) is 3.03. The molecule has 0 saturated heterocycles. The summed E-state index contributed by atoms with van der Waals surface area (Å²) in [6.07, 6.45) is 2.67. The second-order valence-electron chi connectivity index (χ2n) is 5.45. The van der Waals surface area contributed by atoms with Crippen LogP contribution in [0, 0.1) is 5.92 Å². The van der Waals surface area contributed by atoms with Crippen LogP contribution in [0.25, 0.3) is 0 Å². The molecule has 17 heavy (non-hydrogen) atoms. The molecule has 0 heterocycles. The molecule has 1 fully saturated rings. The molecule has 0 unspecified atom stereocenters. The van der Waals surface area contributed by atoms with Gasteiger partial charge in [-0.1, -0.05) is 25.4 Å². The lowest BCUT2D eigenvalue weighted by atomic mass is 10.1. The van der Waals surface area contributed by atoms with Gasteiger partial charge in [0.15, 0.2) is 0 Å². The fourth-order valence-corrected chi connectivity index (χ4v) is 2.52. The van der Waals surface area contributed by atoms with Crippen LogP contribution in [-0.4, -0.2) is 17.5 Å². The van der Waals surface area contributed by atoms with Gasteiger partial charge in [-0.3, -0.25) is 4.90 Å². The van der Waals surface area contributed by atoms with Gasteiger partial charge in [0.25, 0.3) is 0 Å². The van der Waals surface area contributed by atoms with Crippen LogP contribution in [0.1, 0.15) is 32.3 Å². The van der Waals surface area contributed by atoms with Gasteiger partial charge in [-0.05, 0) is 42.5 Å². The minimum Gasteiger partial charge on any atom is -0.399 e. The molecular formula is C14H21ClN2. The average Bonchev–Trinajstić information content (AvgIpc) is 2.96. The van der Waals surface area contributed by atoms with Crippen LogP contribution in [0.3, 0.4) is 0 Å². The Balaban J connectivity index is 2.05. The summed E-state index contributed by atoms with van der Waals surface area (Å²) in [5, 5.41) is 0.736. The summed E-state index contributed by atoms with van der Waals surface area (Å²) >= 11 is 6.04. The number of nitrogens with two attached hydrogens (primary N) is 1. The van der Waals surface area contributed by atoms with Crippen LogP contribution in [0.4, 0.5) is 5.69 Å². The molecule has 0 radical (unpaired) electrons. The van der Waals surface area contributed by atoms with E-state index in [2.05, 4.69) is 18.7 Å². The molecule has 1 aromatic carbocycles. The van der Waals surface area contributed by atoms with Gasteiger partial charge in [0.1, 0.15) is 0 Å². The van der Waals surface area contributed by atoms with E-state index in [0.717, 1.165) is 29.8 Å². The van der Waals surface area contributed by atoms with Crippen LogP contribution in [0.5, 0.6) is 0 Å². The van der Waals surface area contributed by atoms with Gasteiger partial charge in [-0.2, -0.15) is 0 Å². The van der Waals surface area contributed by atoms with Crippen LogP contribution < -0.4 is 5.73 Å². The molecule has 3 heteroatoms. The van der Waals surface area contributed by atoms with E-state index in [0.29, 0.717) is 5.92 Å². The first-order valence-electron chi connectivity index (χ1n) is 6.33. The lowest BCUT2D eigenvalue weighted by Crippen LogP contribution is -2.29. The Labute approximate surface area is 109 Å². The molecule has 0 spiro atoms. The summed E-state index contributed by atoms with van der Waals surface area (Å²) in [6.45, 7) is 6.65. The number of hydrogen-bond donors (Lipinski definition) is 1. The number of rotatable bonds is 5. The highest BCUT2D eigenvalue weighted by Gasteiger charge is 2.29. The first-order valence-corrected chi connectivity index (χ1v) is 6.71. The van der Waals surface area contributed by atoms with E-state index in [-0.39, 0.29) is 0 Å². The summed E-state index contributed by atoms with van der Waals surface area (Å²) in [5.41, 5.74) is 7.81. The molecular weight excluding hydrogens is 232 g/mol. The SMILES string of the molecule is CC(C)CN(Cc1cc(N)cc(Cl)c1)C1CC1. The maximum absolute atomic E-state index is 6.04. The van der Waals surface area contributed by atoms with E-state index in [9.17, 15) is 0 Å². The first kappa shape index (κ1) is 12.7. The molecule has 0 amide bonds. The van der Waals surface area contributed by atoms with Crippen LogP contribution in [-0.2, 0) is 6.54 Å². The number of anilines is 1. The number of halogens is 1. The molecule has 1 saturated carbocycles. The molecule has 1 aliphatic carbocycles. The lowest BCUT2D eigenvalue weighted by molar-refractivity contribution is 0.226. The van der Waals surface area contributed by atoms with Crippen molar-refractivity contribution in [3.05, 3.63) is 28.8 Å². The van der Waals surface area contributed by atoms with Gasteiger partial charge in [-0.25, -0.2) is 0 Å². The minimum atomic E-state index is 0.701. The van der Waals surface area contributed by atoms with Crippen molar-refractivity contribution in [2.75, 3.05) is 12.3 Å². The normalized spacial score (nSPS) is 15.8. The molecule has 2 nitrogen and oxygen atoms in total. The third kappa shape index (κ3) is 3.90. The van der Waals surface area contributed by atoms with Gasteiger partial charge >= 0.3 is 0 Å². The predicted molar refractivity (Wildman–Crippen MR) is 74.1 cm³/mol. The van der Waals surface area contributed by atoms with E-state index in [4.69, 9.17) is 17.3 Å². The van der Waals surface area contributed by atoms with E-state index in [1.54, 1.807) is 6.07 Å². The summed E-state index contributed by atoms with van der Waals surface area (Å²) in [4.78, 5) is 2.55. The van der Waals surface area contributed by atoms with Gasteiger partial charge in [-0.15, -0.1) is 0 Å². The highest BCUT2D eigenvalue weighted by atomic mass is 35.5. The Morgan fingerprint density at radius 3 is 2.59 bits per heavy atom. The van der Waals surface area contributed by atoms with Crippen molar-refractivity contribution in [1.29, 1.82) is 0 Å². The van der Waals surface area contributed by atoms with Gasteiger partial charge in [0.2, 0.25) is 0 Å². The van der Waals surface area contributed by atoms with Crippen molar-refractivity contribution in [2.24, 2.45) is 5.92 Å². The van der Waals surface area contributed by atoms with Crippen LogP contribution in [0.2, 0.25) is 5.02 Å². The average molecular weight is 253 g/mol. The Morgan fingerprint density at radius 1 is 1.35 bits per heavy atom. The van der Waals surface area contributed by atoms with Crippen molar-refractivity contribution in [1.82, 2.24) is 4.90 Å². The summed E-state index contributed by atoms with van der Waals surface area (Å²) < 4.78 is 0. The van der Waals surface area contributed by atoms with Crippen molar-refractivity contribution in [2.45, 2.75) is 39.3 Å². The zero-order chi connectivity index (χ0) is 12.4. The second-order valence-corrected chi connectivity index (χ2v) is 5.88. The number of nitrogens with zero attached hydrogens (tertiary/aromatic N) is 1. The maximum Gasteiger partial charge on any atom is 0.0429 e. The van der Waals surface area contributed by atoms with E-state index < -0.39 is 0 Å². The van der Waals surface area contributed by atoms with Crippen LogP contribution in [0.15, 0.2) is 18.2 Å². The molecule has 1 aromatic rings. The van der Waals surface area contributed by atoms with E-state index in [1.165, 1.54) is 18.4 Å². The molecule has 2 N–H and O–H groups in total. The highest BCUT2D eigenvalue weighted by molar-refractivity contribution is 6.30. The predicted octanol–water partition coefficient (Wildman–Crippen LogP) is 3.54. The molecule has 1 aliphatic rings. The van der Waals surface area contributed by atoms with E-state index in [1.807, 2.05) is 12.1 Å². The number of benzene rings is 1. The summed E-state index contributed by atoms with van der Waals surface area (Å²) in [6, 6.07) is 6.63. The van der Waals surface area contributed by atoms with Crippen molar-refractivity contribution in [3.63, 3.8) is 0 Å². The molecule has 0 bridgehead atoms. The third-order valence-corrected chi connectivity index (χ3v) is 3.25. The van der Waals surface area contributed by atoms with Gasteiger partial charge < -0.3 is 5.73 Å². The van der Waals surface area contributed by atoms with Crippen molar-refractivity contribution < 1.29 is 0 Å². The molecule has 0 aromatic heterocycles. The van der Waals surface area contributed by atoms with Gasteiger partial charge in [0, 0.05) is 29.8 Å². The number of nitrogen functional groups attached to an aromatic ring is 1. The van der Waals surface area contributed by atoms with E-state index >= 15 is 0 Å². The zero-order valence-electron chi connectivity index (χ0n) is 10.6. The second kappa shape index (κ2) is 5.28. The van der Waals surface area contributed by atoms with Crippen LogP contribution >= 0.6 is 11.6 Å². The Bertz CT molecular complexity index is 366. The Morgan fingerprint density at radius 2 is 2.06 bits per heavy atom. The fourth-order valence-electron chi connectivity index (χ4n) is 2.25. The Hall–Kier alpha value is -0.730. The molecule has 0 atom stereocenters. The Kier molecular flexibility index (Phi) is 3.95. The van der Waals surface area contributed by atoms with Crippen molar-refractivity contribution in [3.8, 4) is 0 Å². The fraction of sp³-hybridized carbons (Fsp3) is 0.571. The smallest absolute Gasteiger partial charge is 0.0429 e. The topological polar surface area (TPSA) is 29.3 Å². The molecule has 2 rings (SSSR count). The minimum absolute atomic E-state index is 0.701. The summed E-state index contributed by atoms with van der Waals surface area (Å²) in [7, 11) is 0.